The lowest BCUT2D eigenvalue weighted by Crippen LogP contribution is -2.39. The molecule has 0 radical (unpaired) electrons. The number of aromatic nitrogens is 5. The highest BCUT2D eigenvalue weighted by Crippen LogP contribution is 2.10. The standard InChI is InChI=1S/C16H28N8O.HI/c1-5-13-22-20-11-24(13)10-9-19-16(17-4)18-8-6-7-14-21-15(12(2)3)23-25-14;/h11-12H,5-10H2,1-4H3,(H2,17,18,19);1H. The lowest BCUT2D eigenvalue weighted by Gasteiger charge is -2.12. The Balaban J connectivity index is 0.00000338. The Bertz CT molecular complexity index is 667. The van der Waals surface area contributed by atoms with Crippen molar-refractivity contribution in [2.24, 2.45) is 4.99 Å². The summed E-state index contributed by atoms with van der Waals surface area (Å²) in [7, 11) is 1.76. The van der Waals surface area contributed by atoms with Crippen molar-refractivity contribution in [1.82, 2.24) is 35.5 Å². The molecule has 0 saturated carbocycles. The van der Waals surface area contributed by atoms with Crippen LogP contribution in [0.3, 0.4) is 0 Å². The van der Waals surface area contributed by atoms with Crippen LogP contribution in [0.4, 0.5) is 0 Å². The summed E-state index contributed by atoms with van der Waals surface area (Å²) < 4.78 is 7.28. The number of halogens is 1. The first-order valence-electron chi connectivity index (χ1n) is 8.77. The van der Waals surface area contributed by atoms with E-state index in [0.29, 0.717) is 5.89 Å². The summed E-state index contributed by atoms with van der Waals surface area (Å²) in [6.07, 6.45) is 4.28. The van der Waals surface area contributed by atoms with Gasteiger partial charge in [-0.15, -0.1) is 34.2 Å². The molecule has 2 heterocycles. The number of aryl methyl sites for hydroxylation is 2. The Morgan fingerprint density at radius 3 is 2.73 bits per heavy atom. The zero-order valence-corrected chi connectivity index (χ0v) is 18.2. The Morgan fingerprint density at radius 2 is 2.08 bits per heavy atom. The first-order valence-corrected chi connectivity index (χ1v) is 8.77. The molecule has 2 aromatic heterocycles. The molecule has 2 N–H and O–H groups in total. The SMILES string of the molecule is CCc1nncn1CCNC(=NC)NCCCc1nc(C(C)C)no1.I. The van der Waals surface area contributed by atoms with E-state index in [1.54, 1.807) is 13.4 Å². The van der Waals surface area contributed by atoms with Gasteiger partial charge in [0.05, 0.1) is 0 Å². The summed E-state index contributed by atoms with van der Waals surface area (Å²) >= 11 is 0. The largest absolute Gasteiger partial charge is 0.356 e. The summed E-state index contributed by atoms with van der Waals surface area (Å²) in [4.78, 5) is 8.60. The van der Waals surface area contributed by atoms with Crippen molar-refractivity contribution in [2.45, 2.75) is 52.5 Å². The normalized spacial score (nSPS) is 11.5. The molecular weight excluding hydrogens is 447 g/mol. The number of hydrogen-bond acceptors (Lipinski definition) is 6. The summed E-state index contributed by atoms with van der Waals surface area (Å²) in [6.45, 7) is 8.52. The van der Waals surface area contributed by atoms with E-state index in [0.717, 1.165) is 56.5 Å². The minimum Gasteiger partial charge on any atom is -0.356 e. The first kappa shape index (κ1) is 22.3. The van der Waals surface area contributed by atoms with Crippen LogP contribution in [0.5, 0.6) is 0 Å². The van der Waals surface area contributed by atoms with Crippen LogP contribution in [0.2, 0.25) is 0 Å². The smallest absolute Gasteiger partial charge is 0.226 e. The summed E-state index contributed by atoms with van der Waals surface area (Å²) in [5.74, 6) is 3.51. The molecule has 0 bridgehead atoms. The van der Waals surface area contributed by atoms with Gasteiger partial charge in [0.15, 0.2) is 11.8 Å². The van der Waals surface area contributed by atoms with Gasteiger partial charge in [0.25, 0.3) is 0 Å². The summed E-state index contributed by atoms with van der Waals surface area (Å²) in [5.41, 5.74) is 0. The number of nitrogens with zero attached hydrogens (tertiary/aromatic N) is 6. The topological polar surface area (TPSA) is 106 Å². The molecule has 2 rings (SSSR count). The highest BCUT2D eigenvalue weighted by molar-refractivity contribution is 14.0. The monoisotopic (exact) mass is 476 g/mol. The van der Waals surface area contributed by atoms with Crippen LogP contribution >= 0.6 is 24.0 Å². The molecule has 0 aliphatic rings. The third-order valence-electron chi connectivity index (χ3n) is 3.74. The van der Waals surface area contributed by atoms with Crippen LogP contribution in [-0.2, 0) is 19.4 Å². The average Bonchev–Trinajstić information content (AvgIpc) is 3.26. The van der Waals surface area contributed by atoms with E-state index in [1.165, 1.54) is 0 Å². The molecule has 2 aromatic rings. The highest BCUT2D eigenvalue weighted by Gasteiger charge is 2.09. The maximum absolute atomic E-state index is 5.24. The van der Waals surface area contributed by atoms with Gasteiger partial charge in [-0.2, -0.15) is 4.98 Å². The lowest BCUT2D eigenvalue weighted by molar-refractivity contribution is 0.368. The van der Waals surface area contributed by atoms with Gasteiger partial charge in [-0.1, -0.05) is 25.9 Å². The molecule has 0 aromatic carbocycles. The van der Waals surface area contributed by atoms with Crippen LogP contribution < -0.4 is 10.6 Å². The predicted octanol–water partition coefficient (Wildman–Crippen LogP) is 1.76. The fourth-order valence-corrected chi connectivity index (χ4v) is 2.31. The number of aliphatic imine (C=N–C) groups is 1. The van der Waals surface area contributed by atoms with Gasteiger partial charge in [-0.25, -0.2) is 0 Å². The Labute approximate surface area is 171 Å². The maximum atomic E-state index is 5.24. The number of guanidine groups is 1. The second kappa shape index (κ2) is 11.8. The third-order valence-corrected chi connectivity index (χ3v) is 3.74. The zero-order valence-electron chi connectivity index (χ0n) is 15.9. The van der Waals surface area contributed by atoms with Crippen molar-refractivity contribution in [2.75, 3.05) is 20.1 Å². The Morgan fingerprint density at radius 1 is 1.31 bits per heavy atom. The van der Waals surface area contributed by atoms with E-state index in [-0.39, 0.29) is 29.9 Å². The molecule has 0 aliphatic carbocycles. The van der Waals surface area contributed by atoms with Crippen molar-refractivity contribution >= 4 is 29.9 Å². The fourth-order valence-electron chi connectivity index (χ4n) is 2.31. The minimum atomic E-state index is 0. The third kappa shape index (κ3) is 6.89. The molecule has 0 saturated heterocycles. The van der Waals surface area contributed by atoms with Crippen molar-refractivity contribution in [3.63, 3.8) is 0 Å². The van der Waals surface area contributed by atoms with Gasteiger partial charge in [0, 0.05) is 45.4 Å². The number of nitrogens with one attached hydrogen (secondary N) is 2. The second-order valence-corrected chi connectivity index (χ2v) is 6.02. The van der Waals surface area contributed by atoms with Crippen LogP contribution in [0.15, 0.2) is 15.8 Å². The highest BCUT2D eigenvalue weighted by atomic mass is 127. The van der Waals surface area contributed by atoms with E-state index in [4.69, 9.17) is 4.52 Å². The van der Waals surface area contributed by atoms with Crippen LogP contribution in [0.1, 0.15) is 50.6 Å². The molecule has 0 unspecified atom stereocenters. The van der Waals surface area contributed by atoms with Crippen molar-refractivity contribution in [3.8, 4) is 0 Å². The lowest BCUT2D eigenvalue weighted by atomic mass is 10.2. The second-order valence-electron chi connectivity index (χ2n) is 6.02. The van der Waals surface area contributed by atoms with Crippen molar-refractivity contribution < 1.29 is 4.52 Å². The average molecular weight is 476 g/mol. The molecule has 0 fully saturated rings. The zero-order chi connectivity index (χ0) is 18.1. The Kier molecular flexibility index (Phi) is 10.1. The molecule has 10 heteroatoms. The van der Waals surface area contributed by atoms with E-state index >= 15 is 0 Å². The van der Waals surface area contributed by atoms with Gasteiger partial charge >= 0.3 is 0 Å². The van der Waals surface area contributed by atoms with E-state index in [9.17, 15) is 0 Å². The van der Waals surface area contributed by atoms with E-state index in [2.05, 4.69) is 56.7 Å². The molecular formula is C16H29IN8O. The number of hydrogen-bond donors (Lipinski definition) is 2. The molecule has 0 atom stereocenters. The fraction of sp³-hybridized carbons (Fsp3) is 0.688. The van der Waals surface area contributed by atoms with Crippen LogP contribution in [0.25, 0.3) is 0 Å². The van der Waals surface area contributed by atoms with Gasteiger partial charge < -0.3 is 19.7 Å². The quantitative estimate of drug-likeness (QED) is 0.246. The van der Waals surface area contributed by atoms with Gasteiger partial charge in [0.2, 0.25) is 5.89 Å². The molecule has 0 aliphatic heterocycles. The predicted molar refractivity (Wildman–Crippen MR) is 111 cm³/mol. The van der Waals surface area contributed by atoms with Crippen molar-refractivity contribution in [1.29, 1.82) is 0 Å². The van der Waals surface area contributed by atoms with E-state index in [1.807, 2.05) is 4.57 Å². The molecule has 146 valence electrons. The molecule has 26 heavy (non-hydrogen) atoms. The van der Waals surface area contributed by atoms with Crippen LogP contribution in [0, 0.1) is 0 Å². The number of rotatable bonds is 9. The minimum absolute atomic E-state index is 0. The van der Waals surface area contributed by atoms with E-state index < -0.39 is 0 Å². The van der Waals surface area contributed by atoms with Gasteiger partial charge in [0.1, 0.15) is 12.2 Å². The molecule has 9 nitrogen and oxygen atoms in total. The summed E-state index contributed by atoms with van der Waals surface area (Å²) in [6, 6.07) is 0. The Hall–Kier alpha value is -1.72. The van der Waals surface area contributed by atoms with Crippen LogP contribution in [-0.4, -0.2) is 51.0 Å². The van der Waals surface area contributed by atoms with Gasteiger partial charge in [-0.3, -0.25) is 4.99 Å². The summed E-state index contributed by atoms with van der Waals surface area (Å²) in [5, 5.41) is 18.6. The molecule has 0 spiro atoms. The van der Waals surface area contributed by atoms with Gasteiger partial charge in [-0.05, 0) is 6.42 Å². The first-order chi connectivity index (χ1) is 12.1. The maximum Gasteiger partial charge on any atom is 0.226 e. The van der Waals surface area contributed by atoms with Crippen molar-refractivity contribution in [3.05, 3.63) is 23.9 Å². The molecule has 0 amide bonds.